The Morgan fingerprint density at radius 2 is 1.26 bits per heavy atom. The monoisotopic (exact) mass is 575 g/mol. The van der Waals surface area contributed by atoms with Gasteiger partial charge in [-0.25, -0.2) is 0 Å². The van der Waals surface area contributed by atoms with Gasteiger partial charge >= 0.3 is 5.97 Å². The van der Waals surface area contributed by atoms with E-state index in [2.05, 4.69) is 31.6 Å². The quantitative estimate of drug-likeness (QED) is 0.0436. The molecular formula is C22H41N9O7S. The predicted octanol–water partition coefficient (Wildman–Crippen LogP) is -3.68. The van der Waals surface area contributed by atoms with E-state index in [1.54, 1.807) is 0 Å². The van der Waals surface area contributed by atoms with Gasteiger partial charge in [-0.3, -0.25) is 33.8 Å². The van der Waals surface area contributed by atoms with E-state index < -0.39 is 65.7 Å². The summed E-state index contributed by atoms with van der Waals surface area (Å²) in [6.07, 6.45) is 2.53. The Morgan fingerprint density at radius 1 is 0.769 bits per heavy atom. The van der Waals surface area contributed by atoms with Crippen LogP contribution in [0, 0.1) is 0 Å². The average molecular weight is 576 g/mol. The summed E-state index contributed by atoms with van der Waals surface area (Å²) in [5.41, 5.74) is 15.9. The summed E-state index contributed by atoms with van der Waals surface area (Å²) >= 11 is 1.48. The largest absolute Gasteiger partial charge is 0.480 e. The molecule has 5 amide bonds. The molecule has 0 heterocycles. The molecular weight excluding hydrogens is 534 g/mol. The molecule has 0 aromatic heterocycles. The highest BCUT2D eigenvalue weighted by Crippen LogP contribution is 2.03. The van der Waals surface area contributed by atoms with Gasteiger partial charge < -0.3 is 48.9 Å². The van der Waals surface area contributed by atoms with Gasteiger partial charge in [-0.1, -0.05) is 0 Å². The van der Waals surface area contributed by atoms with Crippen LogP contribution in [0.5, 0.6) is 0 Å². The zero-order valence-electron chi connectivity index (χ0n) is 22.6. The number of hydrogen-bond acceptors (Lipinski definition) is 9. The second-order valence-corrected chi connectivity index (χ2v) is 9.63. The van der Waals surface area contributed by atoms with Crippen LogP contribution in [0.1, 0.15) is 40.0 Å². The van der Waals surface area contributed by atoms with Crippen molar-refractivity contribution in [2.45, 2.75) is 70.2 Å². The van der Waals surface area contributed by atoms with Crippen LogP contribution in [-0.4, -0.2) is 102 Å². The van der Waals surface area contributed by atoms with E-state index in [4.69, 9.17) is 22.3 Å². The van der Waals surface area contributed by atoms with Gasteiger partial charge in [0.2, 0.25) is 29.5 Å². The summed E-state index contributed by atoms with van der Waals surface area (Å²) in [7, 11) is 0. The molecule has 0 rings (SSSR count). The van der Waals surface area contributed by atoms with Crippen LogP contribution in [0.3, 0.4) is 0 Å². The molecule has 0 fully saturated rings. The van der Waals surface area contributed by atoms with Gasteiger partial charge in [0, 0.05) is 6.54 Å². The van der Waals surface area contributed by atoms with E-state index in [1.807, 2.05) is 6.26 Å². The van der Waals surface area contributed by atoms with Crippen LogP contribution in [0.25, 0.3) is 0 Å². The second-order valence-electron chi connectivity index (χ2n) is 8.64. The lowest BCUT2D eigenvalue weighted by Crippen LogP contribution is -2.57. The number of aliphatic imine (C=N–C) groups is 1. The van der Waals surface area contributed by atoms with E-state index in [1.165, 1.54) is 32.5 Å². The molecule has 17 heteroatoms. The number of aliphatic carboxylic acids is 1. The highest BCUT2D eigenvalue weighted by molar-refractivity contribution is 7.98. The molecule has 222 valence electrons. The third-order valence-electron chi connectivity index (χ3n) is 5.26. The maximum Gasteiger partial charge on any atom is 0.325 e. The number of carbonyl (C=O) groups excluding carboxylic acids is 5. The number of carbonyl (C=O) groups is 6. The number of thioether (sulfide) groups is 1. The lowest BCUT2D eigenvalue weighted by Gasteiger charge is -2.24. The minimum atomic E-state index is -1.26. The summed E-state index contributed by atoms with van der Waals surface area (Å²) in [6, 6.07) is -5.41. The Bertz CT molecular complexity index is 899. The van der Waals surface area contributed by atoms with E-state index in [0.717, 1.165) is 0 Å². The van der Waals surface area contributed by atoms with Crippen LogP contribution >= 0.6 is 11.8 Å². The number of rotatable bonds is 18. The van der Waals surface area contributed by atoms with Crippen molar-refractivity contribution >= 4 is 53.2 Å². The topological polar surface area (TPSA) is 273 Å². The van der Waals surface area contributed by atoms with Gasteiger partial charge in [0.1, 0.15) is 30.2 Å². The summed E-state index contributed by atoms with van der Waals surface area (Å²) in [5, 5.41) is 21.3. The molecule has 5 atom stereocenters. The zero-order valence-corrected chi connectivity index (χ0v) is 23.4. The Hall–Kier alpha value is -3.60. The number of nitrogens with two attached hydrogens (primary N) is 3. The molecule has 12 N–H and O–H groups in total. The number of carboxylic acids is 1. The highest BCUT2D eigenvalue weighted by atomic mass is 32.2. The molecule has 0 aromatic rings. The highest BCUT2D eigenvalue weighted by Gasteiger charge is 2.28. The first-order valence-corrected chi connectivity index (χ1v) is 13.6. The average Bonchev–Trinajstić information content (AvgIpc) is 2.87. The first-order chi connectivity index (χ1) is 18.2. The van der Waals surface area contributed by atoms with Crippen molar-refractivity contribution in [1.29, 1.82) is 0 Å². The van der Waals surface area contributed by atoms with E-state index in [-0.39, 0.29) is 25.5 Å². The molecule has 39 heavy (non-hydrogen) atoms. The minimum Gasteiger partial charge on any atom is -0.480 e. The summed E-state index contributed by atoms with van der Waals surface area (Å²) in [6.45, 7) is 3.92. The molecule has 0 bridgehead atoms. The van der Waals surface area contributed by atoms with Crippen LogP contribution < -0.4 is 43.8 Å². The third kappa shape index (κ3) is 14.8. The Kier molecular flexibility index (Phi) is 16.9. The molecule has 16 nitrogen and oxygen atoms in total. The molecule has 0 aliphatic heterocycles. The maximum atomic E-state index is 12.7. The van der Waals surface area contributed by atoms with Crippen molar-refractivity contribution < 1.29 is 33.9 Å². The van der Waals surface area contributed by atoms with E-state index in [0.29, 0.717) is 18.6 Å². The van der Waals surface area contributed by atoms with Crippen molar-refractivity contribution in [3.8, 4) is 0 Å². The van der Waals surface area contributed by atoms with Gasteiger partial charge in [-0.05, 0) is 52.0 Å². The Labute approximate surface area is 231 Å². The van der Waals surface area contributed by atoms with Crippen molar-refractivity contribution in [1.82, 2.24) is 26.6 Å². The molecule has 0 spiro atoms. The molecule has 0 radical (unpaired) electrons. The fourth-order valence-corrected chi connectivity index (χ4v) is 3.46. The van der Waals surface area contributed by atoms with E-state index >= 15 is 0 Å². The van der Waals surface area contributed by atoms with Gasteiger partial charge in [-0.15, -0.1) is 0 Å². The fourth-order valence-electron chi connectivity index (χ4n) is 2.99. The standard InChI is InChI=1S/C22H41N9O7S/c1-11(28-20(36)15(7-9-39-4)30-16(32)10-23)17(33)27-12(2)18(34)31-14(6-5-8-26-22(24)25)19(35)29-13(3)21(37)38/h11-15H,5-10,23H2,1-4H3,(H,27,33)(H,28,36)(H,29,35)(H,30,32)(H,31,34)(H,37,38)(H4,24,25,26)/t11-,12-,13-,14-,15-/m0/s1. The van der Waals surface area contributed by atoms with Crippen molar-refractivity contribution in [2.24, 2.45) is 22.2 Å². The third-order valence-corrected chi connectivity index (χ3v) is 5.90. The molecule has 0 aliphatic carbocycles. The first-order valence-electron chi connectivity index (χ1n) is 12.2. The molecule has 0 saturated carbocycles. The summed E-state index contributed by atoms with van der Waals surface area (Å²) < 4.78 is 0. The van der Waals surface area contributed by atoms with Crippen LogP contribution in [-0.2, 0) is 28.8 Å². The fraction of sp³-hybridized carbons (Fsp3) is 0.682. The zero-order chi connectivity index (χ0) is 30.1. The molecule has 0 aliphatic rings. The molecule has 0 unspecified atom stereocenters. The van der Waals surface area contributed by atoms with Gasteiger partial charge in [-0.2, -0.15) is 11.8 Å². The van der Waals surface area contributed by atoms with Crippen molar-refractivity contribution in [2.75, 3.05) is 25.1 Å². The number of nitrogens with one attached hydrogen (secondary N) is 5. The number of amides is 5. The Morgan fingerprint density at radius 3 is 1.74 bits per heavy atom. The number of nitrogens with zero attached hydrogens (tertiary/aromatic N) is 1. The smallest absolute Gasteiger partial charge is 0.325 e. The molecule has 0 saturated heterocycles. The van der Waals surface area contributed by atoms with Crippen LogP contribution in [0.2, 0.25) is 0 Å². The van der Waals surface area contributed by atoms with Crippen molar-refractivity contribution in [3.63, 3.8) is 0 Å². The summed E-state index contributed by atoms with van der Waals surface area (Å²) in [5.74, 6) is -4.08. The van der Waals surface area contributed by atoms with Crippen LogP contribution in [0.15, 0.2) is 4.99 Å². The second kappa shape index (κ2) is 18.6. The van der Waals surface area contributed by atoms with Crippen molar-refractivity contribution in [3.05, 3.63) is 0 Å². The SMILES string of the molecule is CSCC[C@H](NC(=O)CN)C(=O)N[C@@H](C)C(=O)N[C@@H](C)C(=O)N[C@@H](CCCN=C(N)N)C(=O)N[C@@H](C)C(=O)O. The number of guanidine groups is 1. The Balaban J connectivity index is 5.20. The number of carboxylic acid groups (broad SMARTS) is 1. The van der Waals surface area contributed by atoms with Gasteiger partial charge in [0.15, 0.2) is 5.96 Å². The lowest BCUT2D eigenvalue weighted by atomic mass is 10.1. The van der Waals surface area contributed by atoms with E-state index in [9.17, 15) is 28.8 Å². The molecule has 0 aromatic carbocycles. The lowest BCUT2D eigenvalue weighted by molar-refractivity contribution is -0.141. The van der Waals surface area contributed by atoms with Gasteiger partial charge in [0.05, 0.1) is 6.54 Å². The predicted molar refractivity (Wildman–Crippen MR) is 146 cm³/mol. The number of hydrogen-bond donors (Lipinski definition) is 9. The maximum absolute atomic E-state index is 12.7. The first kappa shape index (κ1) is 35.4. The summed E-state index contributed by atoms with van der Waals surface area (Å²) in [4.78, 5) is 77.1. The van der Waals surface area contributed by atoms with Crippen LogP contribution in [0.4, 0.5) is 0 Å². The van der Waals surface area contributed by atoms with Gasteiger partial charge in [0.25, 0.3) is 0 Å². The minimum absolute atomic E-state index is 0.0831. The normalized spacial score (nSPS) is 14.4.